The molecular weight excluding hydrogens is 263 g/mol. The lowest BCUT2D eigenvalue weighted by Crippen LogP contribution is -2.37. The number of nitrogens with one attached hydrogen (secondary N) is 1. The molecule has 1 aromatic carbocycles. The molecule has 1 aromatic rings. The first kappa shape index (κ1) is 15.9. The molecule has 0 fully saturated rings. The van der Waals surface area contributed by atoms with Crippen molar-refractivity contribution in [3.63, 3.8) is 0 Å². The van der Waals surface area contributed by atoms with Crippen LogP contribution in [0.2, 0.25) is 0 Å². The number of aliphatic carboxylic acids is 1. The van der Waals surface area contributed by atoms with Gasteiger partial charge in [0.05, 0.1) is 11.0 Å². The van der Waals surface area contributed by atoms with E-state index in [0.29, 0.717) is 12.8 Å². The number of hydrogen-bond acceptors (Lipinski definition) is 3. The van der Waals surface area contributed by atoms with Crippen LogP contribution in [-0.4, -0.2) is 23.5 Å². The van der Waals surface area contributed by atoms with Gasteiger partial charge in [-0.3, -0.25) is 9.59 Å². The standard InChI is InChI=1S/C14H19FN2O3/c1-3-14(4-2,13(19)20)8-17-10-7-5-6-9(15)11(10)12(16)18/h5-7,17H,3-4,8H2,1-2H3,(H2,16,18)(H,19,20). The van der Waals surface area contributed by atoms with E-state index in [1.165, 1.54) is 12.1 Å². The van der Waals surface area contributed by atoms with E-state index >= 15 is 0 Å². The van der Waals surface area contributed by atoms with Crippen LogP contribution in [0, 0.1) is 11.2 Å². The second-order valence-electron chi connectivity index (χ2n) is 4.67. The number of carboxylic acids is 1. The van der Waals surface area contributed by atoms with Crippen LogP contribution in [0.15, 0.2) is 18.2 Å². The highest BCUT2D eigenvalue weighted by molar-refractivity contribution is 5.98. The van der Waals surface area contributed by atoms with Crippen molar-refractivity contribution in [3.8, 4) is 0 Å². The maximum Gasteiger partial charge on any atom is 0.311 e. The second kappa shape index (κ2) is 6.36. The van der Waals surface area contributed by atoms with Crippen molar-refractivity contribution < 1.29 is 19.1 Å². The van der Waals surface area contributed by atoms with E-state index in [-0.39, 0.29) is 17.8 Å². The molecule has 0 bridgehead atoms. The number of primary amides is 1. The second-order valence-corrected chi connectivity index (χ2v) is 4.67. The fourth-order valence-electron chi connectivity index (χ4n) is 2.06. The van der Waals surface area contributed by atoms with E-state index in [0.717, 1.165) is 6.07 Å². The molecule has 0 saturated carbocycles. The summed E-state index contributed by atoms with van der Waals surface area (Å²) < 4.78 is 13.6. The Balaban J connectivity index is 3.03. The van der Waals surface area contributed by atoms with Crippen LogP contribution >= 0.6 is 0 Å². The average molecular weight is 282 g/mol. The maximum atomic E-state index is 13.6. The van der Waals surface area contributed by atoms with Gasteiger partial charge in [-0.15, -0.1) is 0 Å². The molecule has 20 heavy (non-hydrogen) atoms. The Morgan fingerprint density at radius 2 is 1.95 bits per heavy atom. The summed E-state index contributed by atoms with van der Waals surface area (Å²) >= 11 is 0. The molecule has 0 atom stereocenters. The summed E-state index contributed by atoms with van der Waals surface area (Å²) in [7, 11) is 0. The predicted octanol–water partition coefficient (Wildman–Crippen LogP) is 2.23. The molecule has 0 spiro atoms. The highest BCUT2D eigenvalue weighted by Crippen LogP contribution is 2.28. The zero-order valence-electron chi connectivity index (χ0n) is 11.6. The van der Waals surface area contributed by atoms with Gasteiger partial charge >= 0.3 is 5.97 Å². The lowest BCUT2D eigenvalue weighted by atomic mass is 9.82. The summed E-state index contributed by atoms with van der Waals surface area (Å²) in [6, 6.07) is 4.07. The topological polar surface area (TPSA) is 92.4 Å². The minimum Gasteiger partial charge on any atom is -0.481 e. The largest absolute Gasteiger partial charge is 0.481 e. The van der Waals surface area contributed by atoms with E-state index in [1.807, 2.05) is 0 Å². The zero-order chi connectivity index (χ0) is 15.3. The van der Waals surface area contributed by atoms with Gasteiger partial charge in [-0.05, 0) is 25.0 Å². The van der Waals surface area contributed by atoms with Crippen molar-refractivity contribution in [1.82, 2.24) is 0 Å². The van der Waals surface area contributed by atoms with Crippen LogP contribution in [-0.2, 0) is 4.79 Å². The first-order valence-corrected chi connectivity index (χ1v) is 6.43. The fourth-order valence-corrected chi connectivity index (χ4v) is 2.06. The van der Waals surface area contributed by atoms with Crippen LogP contribution in [0.25, 0.3) is 0 Å². The van der Waals surface area contributed by atoms with Gasteiger partial charge in [-0.1, -0.05) is 19.9 Å². The molecule has 0 unspecified atom stereocenters. The van der Waals surface area contributed by atoms with Crippen molar-refractivity contribution >= 4 is 17.6 Å². The number of halogens is 1. The van der Waals surface area contributed by atoms with Crippen molar-refractivity contribution in [1.29, 1.82) is 0 Å². The van der Waals surface area contributed by atoms with Crippen molar-refractivity contribution in [2.45, 2.75) is 26.7 Å². The van der Waals surface area contributed by atoms with Crippen molar-refractivity contribution in [3.05, 3.63) is 29.6 Å². The number of benzene rings is 1. The third-order valence-corrected chi connectivity index (χ3v) is 3.68. The fraction of sp³-hybridized carbons (Fsp3) is 0.429. The van der Waals surface area contributed by atoms with E-state index in [2.05, 4.69) is 5.32 Å². The molecule has 0 aromatic heterocycles. The smallest absolute Gasteiger partial charge is 0.311 e. The van der Waals surface area contributed by atoms with Crippen LogP contribution in [0.5, 0.6) is 0 Å². The number of carboxylic acid groups (broad SMARTS) is 1. The molecule has 0 aliphatic rings. The van der Waals surface area contributed by atoms with E-state index < -0.39 is 23.1 Å². The molecule has 1 rings (SSSR count). The predicted molar refractivity (Wildman–Crippen MR) is 74.1 cm³/mol. The molecule has 110 valence electrons. The minimum absolute atomic E-state index is 0.0963. The summed E-state index contributed by atoms with van der Waals surface area (Å²) in [6.07, 6.45) is 0.847. The number of amides is 1. The average Bonchev–Trinajstić information content (AvgIpc) is 2.39. The summed E-state index contributed by atoms with van der Waals surface area (Å²) in [5.74, 6) is -2.54. The van der Waals surface area contributed by atoms with Gasteiger partial charge < -0.3 is 16.2 Å². The molecule has 1 amide bonds. The number of hydrogen-bond donors (Lipinski definition) is 3. The zero-order valence-corrected chi connectivity index (χ0v) is 11.6. The normalized spacial score (nSPS) is 11.2. The molecule has 0 radical (unpaired) electrons. The molecule has 0 aliphatic heterocycles. The molecule has 0 heterocycles. The maximum absolute atomic E-state index is 13.6. The number of carbonyl (C=O) groups excluding carboxylic acids is 1. The van der Waals surface area contributed by atoms with Gasteiger partial charge in [0.25, 0.3) is 5.91 Å². The summed E-state index contributed by atoms with van der Waals surface area (Å²) in [6.45, 7) is 3.65. The summed E-state index contributed by atoms with van der Waals surface area (Å²) in [4.78, 5) is 22.7. The molecular formula is C14H19FN2O3. The van der Waals surface area contributed by atoms with Gasteiger partial charge in [-0.2, -0.15) is 0 Å². The highest BCUT2D eigenvalue weighted by Gasteiger charge is 2.34. The Kier molecular flexibility index (Phi) is 5.07. The molecule has 0 saturated heterocycles. The van der Waals surface area contributed by atoms with Crippen LogP contribution in [0.1, 0.15) is 37.0 Å². The first-order chi connectivity index (χ1) is 9.38. The van der Waals surface area contributed by atoms with E-state index in [4.69, 9.17) is 5.73 Å². The third kappa shape index (κ3) is 3.07. The van der Waals surface area contributed by atoms with Gasteiger partial charge in [-0.25, -0.2) is 4.39 Å². The van der Waals surface area contributed by atoms with Crippen molar-refractivity contribution in [2.75, 3.05) is 11.9 Å². The Hall–Kier alpha value is -2.11. The van der Waals surface area contributed by atoms with Crippen molar-refractivity contribution in [2.24, 2.45) is 11.1 Å². The highest BCUT2D eigenvalue weighted by atomic mass is 19.1. The Bertz CT molecular complexity index is 513. The van der Waals surface area contributed by atoms with E-state index in [9.17, 15) is 19.1 Å². The molecule has 6 heteroatoms. The SMILES string of the molecule is CCC(CC)(CNc1cccc(F)c1C(N)=O)C(=O)O. The lowest BCUT2D eigenvalue weighted by Gasteiger charge is -2.27. The lowest BCUT2D eigenvalue weighted by molar-refractivity contribution is -0.148. The Morgan fingerprint density at radius 1 is 1.35 bits per heavy atom. The van der Waals surface area contributed by atoms with Gasteiger partial charge in [0.1, 0.15) is 5.82 Å². The van der Waals surface area contributed by atoms with Crippen LogP contribution < -0.4 is 11.1 Å². The minimum atomic E-state index is -0.957. The van der Waals surface area contributed by atoms with Gasteiger partial charge in [0.2, 0.25) is 0 Å². The first-order valence-electron chi connectivity index (χ1n) is 6.43. The summed E-state index contributed by atoms with van der Waals surface area (Å²) in [5.41, 5.74) is 4.15. The molecule has 4 N–H and O–H groups in total. The monoisotopic (exact) mass is 282 g/mol. The van der Waals surface area contributed by atoms with Gasteiger partial charge in [0, 0.05) is 12.2 Å². The summed E-state index contributed by atoms with van der Waals surface area (Å²) in [5, 5.41) is 12.2. The Morgan fingerprint density at radius 3 is 2.40 bits per heavy atom. The third-order valence-electron chi connectivity index (χ3n) is 3.68. The van der Waals surface area contributed by atoms with Crippen LogP contribution in [0.3, 0.4) is 0 Å². The molecule has 5 nitrogen and oxygen atoms in total. The van der Waals surface area contributed by atoms with E-state index in [1.54, 1.807) is 13.8 Å². The van der Waals surface area contributed by atoms with Crippen LogP contribution in [0.4, 0.5) is 10.1 Å². The molecule has 0 aliphatic carbocycles. The Labute approximate surface area is 117 Å². The number of rotatable bonds is 7. The number of carbonyl (C=O) groups is 2. The number of nitrogens with two attached hydrogens (primary N) is 1. The number of anilines is 1. The quantitative estimate of drug-likeness (QED) is 0.715. The van der Waals surface area contributed by atoms with Gasteiger partial charge in [0.15, 0.2) is 0 Å².